The fourth-order valence-electron chi connectivity index (χ4n) is 2.33. The summed E-state index contributed by atoms with van der Waals surface area (Å²) in [6, 6.07) is 7.14. The maximum absolute atomic E-state index is 11.9. The maximum atomic E-state index is 11.9. The quantitative estimate of drug-likeness (QED) is 0.286. The molecule has 1 unspecified atom stereocenters. The van der Waals surface area contributed by atoms with E-state index in [1.807, 2.05) is 38.4 Å². The third kappa shape index (κ3) is 5.82. The molecule has 2 rings (SSSR count). The molecule has 4 nitrogen and oxygen atoms in total. The molecule has 0 fully saturated rings. The SMILES string of the molecule is CCCCCc1cnc(-c2ccc(OC(=O)C(Cl)C(C)C)cc2)nc1. The van der Waals surface area contributed by atoms with Crippen LogP contribution in [0.25, 0.3) is 11.4 Å². The number of rotatable bonds is 8. The van der Waals surface area contributed by atoms with Crippen LogP contribution < -0.4 is 4.74 Å². The molecule has 0 saturated carbocycles. The van der Waals surface area contributed by atoms with Crippen LogP contribution in [0.5, 0.6) is 5.75 Å². The van der Waals surface area contributed by atoms with Gasteiger partial charge >= 0.3 is 5.97 Å². The molecule has 1 aromatic heterocycles. The summed E-state index contributed by atoms with van der Waals surface area (Å²) in [5, 5.41) is -0.650. The molecule has 0 aliphatic rings. The van der Waals surface area contributed by atoms with E-state index in [0.29, 0.717) is 11.6 Å². The molecule has 0 aliphatic carbocycles. The fourth-order valence-corrected chi connectivity index (χ4v) is 2.37. The van der Waals surface area contributed by atoms with Crippen molar-refractivity contribution in [3.8, 4) is 17.1 Å². The minimum atomic E-state index is -0.650. The van der Waals surface area contributed by atoms with Gasteiger partial charge < -0.3 is 4.74 Å². The highest BCUT2D eigenvalue weighted by molar-refractivity contribution is 6.30. The van der Waals surface area contributed by atoms with Gasteiger partial charge in [-0.25, -0.2) is 9.97 Å². The van der Waals surface area contributed by atoms with E-state index in [1.165, 1.54) is 12.8 Å². The number of carbonyl (C=O) groups excluding carboxylic acids is 1. The predicted molar refractivity (Wildman–Crippen MR) is 101 cm³/mol. The molecule has 0 aliphatic heterocycles. The Morgan fingerprint density at radius 2 is 1.76 bits per heavy atom. The lowest BCUT2D eigenvalue weighted by Gasteiger charge is -2.12. The molecule has 1 heterocycles. The van der Waals surface area contributed by atoms with Gasteiger partial charge in [-0.2, -0.15) is 0 Å². The number of halogens is 1. The molecule has 5 heteroatoms. The number of hydrogen-bond acceptors (Lipinski definition) is 4. The third-order valence-electron chi connectivity index (χ3n) is 3.92. The number of aromatic nitrogens is 2. The van der Waals surface area contributed by atoms with Gasteiger partial charge in [0.15, 0.2) is 5.82 Å². The Morgan fingerprint density at radius 3 is 2.32 bits per heavy atom. The summed E-state index contributed by atoms with van der Waals surface area (Å²) in [5.41, 5.74) is 2.04. The van der Waals surface area contributed by atoms with Crippen molar-refractivity contribution in [1.29, 1.82) is 0 Å². The summed E-state index contributed by atoms with van der Waals surface area (Å²) in [7, 11) is 0. The lowest BCUT2D eigenvalue weighted by atomic mass is 10.1. The van der Waals surface area contributed by atoms with Crippen molar-refractivity contribution >= 4 is 17.6 Å². The summed E-state index contributed by atoms with van der Waals surface area (Å²) in [4.78, 5) is 20.7. The van der Waals surface area contributed by atoms with Gasteiger partial charge in [0.1, 0.15) is 11.1 Å². The monoisotopic (exact) mass is 360 g/mol. The molecule has 1 atom stereocenters. The highest BCUT2D eigenvalue weighted by atomic mass is 35.5. The average Bonchev–Trinajstić information content (AvgIpc) is 2.62. The number of alkyl halides is 1. The molecule has 0 spiro atoms. The molecular weight excluding hydrogens is 336 g/mol. The van der Waals surface area contributed by atoms with Gasteiger partial charge in [-0.1, -0.05) is 33.6 Å². The largest absolute Gasteiger partial charge is 0.425 e. The third-order valence-corrected chi connectivity index (χ3v) is 4.60. The Balaban J connectivity index is 1.98. The number of carbonyl (C=O) groups is 1. The van der Waals surface area contributed by atoms with Crippen LogP contribution >= 0.6 is 11.6 Å². The Bertz CT molecular complexity index is 669. The van der Waals surface area contributed by atoms with E-state index in [9.17, 15) is 4.79 Å². The van der Waals surface area contributed by atoms with E-state index in [2.05, 4.69) is 16.9 Å². The van der Waals surface area contributed by atoms with Crippen molar-refractivity contribution in [1.82, 2.24) is 9.97 Å². The first kappa shape index (κ1) is 19.4. The summed E-state index contributed by atoms with van der Waals surface area (Å²) in [6.45, 7) is 5.95. The van der Waals surface area contributed by atoms with Crippen LogP contribution in [0, 0.1) is 5.92 Å². The summed E-state index contributed by atoms with van der Waals surface area (Å²) in [6.07, 6.45) is 8.37. The molecule has 0 bridgehead atoms. The number of nitrogens with zero attached hydrogens (tertiary/aromatic N) is 2. The zero-order chi connectivity index (χ0) is 18.2. The van der Waals surface area contributed by atoms with E-state index < -0.39 is 11.3 Å². The van der Waals surface area contributed by atoms with E-state index >= 15 is 0 Å². The number of ether oxygens (including phenoxy) is 1. The molecule has 0 amide bonds. The summed E-state index contributed by atoms with van der Waals surface area (Å²) in [5.74, 6) is 0.723. The van der Waals surface area contributed by atoms with E-state index in [4.69, 9.17) is 16.3 Å². The Labute approximate surface area is 154 Å². The van der Waals surface area contributed by atoms with Crippen LogP contribution in [0.15, 0.2) is 36.7 Å². The van der Waals surface area contributed by atoms with Gasteiger partial charge in [-0.05, 0) is 48.6 Å². The number of unbranched alkanes of at least 4 members (excludes halogenated alkanes) is 2. The van der Waals surface area contributed by atoms with E-state index in [1.54, 1.807) is 12.1 Å². The summed E-state index contributed by atoms with van der Waals surface area (Å²) < 4.78 is 5.29. The van der Waals surface area contributed by atoms with Crippen LogP contribution in [0.4, 0.5) is 0 Å². The van der Waals surface area contributed by atoms with Crippen molar-refractivity contribution < 1.29 is 9.53 Å². The van der Waals surface area contributed by atoms with Crippen molar-refractivity contribution in [2.45, 2.75) is 51.8 Å². The lowest BCUT2D eigenvalue weighted by Crippen LogP contribution is -2.25. The summed E-state index contributed by atoms with van der Waals surface area (Å²) >= 11 is 6.01. The second-order valence-electron chi connectivity index (χ2n) is 6.46. The van der Waals surface area contributed by atoms with Crippen LogP contribution in [0.3, 0.4) is 0 Å². The van der Waals surface area contributed by atoms with E-state index in [-0.39, 0.29) is 5.92 Å². The average molecular weight is 361 g/mol. The maximum Gasteiger partial charge on any atom is 0.329 e. The van der Waals surface area contributed by atoms with Crippen LogP contribution in [-0.2, 0) is 11.2 Å². The fraction of sp³-hybridized carbons (Fsp3) is 0.450. The molecule has 0 radical (unpaired) electrons. The second-order valence-corrected chi connectivity index (χ2v) is 6.93. The highest BCUT2D eigenvalue weighted by Gasteiger charge is 2.21. The van der Waals surface area contributed by atoms with Gasteiger partial charge in [0.2, 0.25) is 0 Å². The van der Waals surface area contributed by atoms with Gasteiger partial charge in [-0.3, -0.25) is 4.79 Å². The molecule has 25 heavy (non-hydrogen) atoms. The predicted octanol–water partition coefficient (Wildman–Crippen LogP) is 5.05. The first-order valence-corrected chi connectivity index (χ1v) is 9.22. The van der Waals surface area contributed by atoms with Crippen LogP contribution in [-0.4, -0.2) is 21.3 Å². The molecule has 1 aromatic carbocycles. The van der Waals surface area contributed by atoms with Gasteiger partial charge in [0.25, 0.3) is 0 Å². The molecular formula is C20H25ClN2O2. The van der Waals surface area contributed by atoms with Crippen molar-refractivity contribution in [3.05, 3.63) is 42.2 Å². The topological polar surface area (TPSA) is 52.1 Å². The Morgan fingerprint density at radius 1 is 1.12 bits per heavy atom. The minimum absolute atomic E-state index is 0.0256. The second kappa shape index (κ2) is 9.52. The van der Waals surface area contributed by atoms with Gasteiger partial charge in [0.05, 0.1) is 0 Å². The van der Waals surface area contributed by atoms with E-state index in [0.717, 1.165) is 24.0 Å². The number of hydrogen-bond donors (Lipinski definition) is 0. The van der Waals surface area contributed by atoms with Crippen LogP contribution in [0.2, 0.25) is 0 Å². The van der Waals surface area contributed by atoms with Crippen molar-refractivity contribution in [2.24, 2.45) is 5.92 Å². The smallest absolute Gasteiger partial charge is 0.329 e. The van der Waals surface area contributed by atoms with Crippen molar-refractivity contribution in [3.63, 3.8) is 0 Å². The van der Waals surface area contributed by atoms with Crippen molar-refractivity contribution in [2.75, 3.05) is 0 Å². The molecule has 2 aromatic rings. The highest BCUT2D eigenvalue weighted by Crippen LogP contribution is 2.21. The standard InChI is InChI=1S/C20H25ClN2O2/c1-4-5-6-7-15-12-22-19(23-13-15)16-8-10-17(11-9-16)25-20(24)18(21)14(2)3/h8-14,18H,4-7H2,1-3H3. The van der Waals surface area contributed by atoms with Gasteiger partial charge in [-0.15, -0.1) is 11.6 Å². The zero-order valence-electron chi connectivity index (χ0n) is 15.0. The lowest BCUT2D eigenvalue weighted by molar-refractivity contribution is -0.134. The Kier molecular flexibility index (Phi) is 7.38. The van der Waals surface area contributed by atoms with Crippen LogP contribution in [0.1, 0.15) is 45.6 Å². The first-order chi connectivity index (χ1) is 12.0. The first-order valence-electron chi connectivity index (χ1n) is 8.78. The van der Waals surface area contributed by atoms with Gasteiger partial charge in [0, 0.05) is 18.0 Å². The number of benzene rings is 1. The molecule has 0 saturated heterocycles. The zero-order valence-corrected chi connectivity index (χ0v) is 15.8. The normalized spacial score (nSPS) is 12.2. The molecule has 0 N–H and O–H groups in total. The minimum Gasteiger partial charge on any atom is -0.425 e. The number of esters is 1. The molecule has 134 valence electrons. The Hall–Kier alpha value is -1.94. The number of aryl methyl sites for hydroxylation is 1.